The molecule has 0 aromatic heterocycles. The summed E-state index contributed by atoms with van der Waals surface area (Å²) in [6, 6.07) is 0. The molecule has 0 heterocycles. The Morgan fingerprint density at radius 2 is 0.947 bits per heavy atom. The van der Waals surface area contributed by atoms with Gasteiger partial charge in [-0.1, -0.05) is 0 Å². The van der Waals surface area contributed by atoms with Gasteiger partial charge in [-0.3, -0.25) is 18.3 Å². The van der Waals surface area contributed by atoms with E-state index in [4.69, 9.17) is 39.1 Å². The first-order valence-electron chi connectivity index (χ1n) is 4.16. The van der Waals surface area contributed by atoms with Gasteiger partial charge >= 0.3 is 30.4 Å². The topological polar surface area (TPSA) is 230 Å². The Morgan fingerprint density at radius 1 is 0.632 bits per heavy atom. The van der Waals surface area contributed by atoms with Crippen LogP contribution in [0.1, 0.15) is 0 Å². The summed E-state index contributed by atoms with van der Waals surface area (Å²) in [6.07, 6.45) is -1.78. The number of hydrogen-bond acceptors (Lipinski definition) is 4. The van der Waals surface area contributed by atoms with Crippen molar-refractivity contribution in [3.8, 4) is 0 Å². The van der Waals surface area contributed by atoms with E-state index in [1.54, 1.807) is 0 Å². The van der Waals surface area contributed by atoms with E-state index in [0.717, 1.165) is 0 Å². The van der Waals surface area contributed by atoms with Crippen molar-refractivity contribution in [1.29, 1.82) is 0 Å². The van der Waals surface area contributed by atoms with Crippen molar-refractivity contribution >= 4 is 30.4 Å². The summed E-state index contributed by atoms with van der Waals surface area (Å²) in [5.41, 5.74) is -2.88. The van der Waals surface area contributed by atoms with Crippen molar-refractivity contribution in [2.75, 3.05) is 6.16 Å². The molecule has 0 saturated carbocycles. The molecule has 1 unspecified atom stereocenters. The number of rotatable bonds is 6. The molecule has 1 atom stereocenters. The standard InChI is InChI=1S/C3H12O12P4/c4-16(5,6)1-2(17(7,8)9)3(18(10,11)12)19(13,14)15/h2-3H,1H2,(H2,4,5,6)(H2,7,8,9)(H2,10,11,12)(H2,13,14,15). The highest BCUT2D eigenvalue weighted by Gasteiger charge is 2.56. The van der Waals surface area contributed by atoms with Crippen LogP contribution >= 0.6 is 30.4 Å². The molecule has 0 rings (SSSR count). The van der Waals surface area contributed by atoms with Crippen molar-refractivity contribution in [3.05, 3.63) is 0 Å². The fraction of sp³-hybridized carbons (Fsp3) is 1.00. The molecule has 0 bridgehead atoms. The molecule has 19 heavy (non-hydrogen) atoms. The molecule has 0 aliphatic heterocycles. The maximum absolute atomic E-state index is 11.0. The fourth-order valence-electron chi connectivity index (χ4n) is 1.26. The van der Waals surface area contributed by atoms with Gasteiger partial charge in [0.2, 0.25) is 0 Å². The molecular weight excluding hydrogens is 352 g/mol. The van der Waals surface area contributed by atoms with Gasteiger partial charge in [0.05, 0.1) is 11.8 Å². The van der Waals surface area contributed by atoms with Gasteiger partial charge in [0.15, 0.2) is 5.40 Å². The van der Waals surface area contributed by atoms with Gasteiger partial charge in [0, 0.05) is 0 Å². The van der Waals surface area contributed by atoms with E-state index < -0.39 is 47.6 Å². The predicted octanol–water partition coefficient (Wildman–Crippen LogP) is -1.61. The van der Waals surface area contributed by atoms with Crippen LogP contribution in [0.25, 0.3) is 0 Å². The molecule has 0 aromatic rings. The van der Waals surface area contributed by atoms with Crippen molar-refractivity contribution in [1.82, 2.24) is 0 Å². The Hall–Kier alpha value is 0.600. The van der Waals surface area contributed by atoms with Crippen molar-refractivity contribution < 1.29 is 57.4 Å². The van der Waals surface area contributed by atoms with Gasteiger partial charge in [0.25, 0.3) is 0 Å². The lowest BCUT2D eigenvalue weighted by Gasteiger charge is -2.28. The molecule has 0 saturated heterocycles. The SMILES string of the molecule is O=P(O)(O)CC(C(P(=O)(O)O)P(=O)(O)O)P(=O)(O)O. The van der Waals surface area contributed by atoms with Crippen LogP contribution < -0.4 is 0 Å². The molecule has 8 N–H and O–H groups in total. The highest BCUT2D eigenvalue weighted by molar-refractivity contribution is 7.72. The second-order valence-corrected chi connectivity index (χ2v) is 11.0. The van der Waals surface area contributed by atoms with Crippen LogP contribution in [0, 0.1) is 0 Å². The monoisotopic (exact) mass is 364 g/mol. The van der Waals surface area contributed by atoms with Gasteiger partial charge in [-0.2, -0.15) is 0 Å². The molecular formula is C3H12O12P4. The molecule has 0 fully saturated rings. The molecule has 0 radical (unpaired) electrons. The molecule has 12 nitrogen and oxygen atoms in total. The Morgan fingerprint density at radius 3 is 1.11 bits per heavy atom. The minimum Gasteiger partial charge on any atom is -0.324 e. The average Bonchev–Trinajstić information content (AvgIpc) is 1.91. The third-order valence-corrected chi connectivity index (χ3v) is 8.77. The van der Waals surface area contributed by atoms with Crippen molar-refractivity contribution in [3.63, 3.8) is 0 Å². The van der Waals surface area contributed by atoms with Crippen LogP contribution in [0.3, 0.4) is 0 Å². The van der Waals surface area contributed by atoms with E-state index in [0.29, 0.717) is 0 Å². The zero-order chi connectivity index (χ0) is 15.9. The fourth-order valence-corrected chi connectivity index (χ4v) is 8.89. The maximum Gasteiger partial charge on any atom is 0.341 e. The third kappa shape index (κ3) is 6.73. The lowest BCUT2D eigenvalue weighted by molar-refractivity contribution is 0.316. The summed E-state index contributed by atoms with van der Waals surface area (Å²) in [5, 5.41) is -3.20. The second-order valence-electron chi connectivity index (χ2n) is 3.60. The molecule has 116 valence electrons. The zero-order valence-corrected chi connectivity index (χ0v) is 12.4. The van der Waals surface area contributed by atoms with E-state index in [1.807, 2.05) is 0 Å². The Balaban J connectivity index is 5.95. The van der Waals surface area contributed by atoms with Gasteiger partial charge < -0.3 is 39.1 Å². The largest absolute Gasteiger partial charge is 0.341 e. The van der Waals surface area contributed by atoms with Gasteiger partial charge in [0.1, 0.15) is 0 Å². The molecule has 16 heteroatoms. The molecule has 0 aromatic carbocycles. The van der Waals surface area contributed by atoms with Gasteiger partial charge in [-0.25, -0.2) is 0 Å². The third-order valence-electron chi connectivity index (χ3n) is 1.89. The maximum atomic E-state index is 11.0. The predicted molar refractivity (Wildman–Crippen MR) is 60.6 cm³/mol. The molecule has 0 amide bonds. The minimum atomic E-state index is -5.73. The Kier molecular flexibility index (Phi) is 5.95. The Bertz CT molecular complexity index is 477. The zero-order valence-electron chi connectivity index (χ0n) is 8.86. The van der Waals surface area contributed by atoms with Crippen LogP contribution in [0.15, 0.2) is 0 Å². The van der Waals surface area contributed by atoms with Crippen LogP contribution in [0.4, 0.5) is 0 Å². The first-order chi connectivity index (χ1) is 7.96. The van der Waals surface area contributed by atoms with Crippen molar-refractivity contribution in [2.45, 2.75) is 11.1 Å². The highest BCUT2D eigenvalue weighted by Crippen LogP contribution is 2.68. The Labute approximate surface area is 106 Å². The quantitative estimate of drug-likeness (QED) is 0.249. The smallest absolute Gasteiger partial charge is 0.324 e. The van der Waals surface area contributed by atoms with Gasteiger partial charge in [-0.15, -0.1) is 0 Å². The second kappa shape index (κ2) is 5.77. The minimum absolute atomic E-state index is 1.78. The lowest BCUT2D eigenvalue weighted by Crippen LogP contribution is -2.30. The summed E-state index contributed by atoms with van der Waals surface area (Å²) in [4.78, 5) is 69.9. The average molecular weight is 364 g/mol. The van der Waals surface area contributed by atoms with Gasteiger partial charge in [-0.05, 0) is 0 Å². The summed E-state index contributed by atoms with van der Waals surface area (Å²) in [5.74, 6) is 0. The highest BCUT2D eigenvalue weighted by atomic mass is 31.2. The van der Waals surface area contributed by atoms with Crippen LogP contribution in [-0.4, -0.2) is 56.4 Å². The summed E-state index contributed by atoms with van der Waals surface area (Å²) < 4.78 is 43.6. The summed E-state index contributed by atoms with van der Waals surface area (Å²) in [6.45, 7) is 0. The van der Waals surface area contributed by atoms with Crippen molar-refractivity contribution in [2.24, 2.45) is 0 Å². The lowest BCUT2D eigenvalue weighted by atomic mass is 10.5. The normalized spacial score (nSPS) is 16.7. The first-order valence-corrected chi connectivity index (χ1v) is 11.0. The van der Waals surface area contributed by atoms with E-state index in [9.17, 15) is 18.3 Å². The summed E-state index contributed by atoms with van der Waals surface area (Å²) >= 11 is 0. The molecule has 0 aliphatic carbocycles. The van der Waals surface area contributed by atoms with Crippen LogP contribution in [0.5, 0.6) is 0 Å². The molecule has 0 spiro atoms. The van der Waals surface area contributed by atoms with E-state index >= 15 is 0 Å². The number of hydrogen-bond donors (Lipinski definition) is 8. The van der Waals surface area contributed by atoms with E-state index in [-0.39, 0.29) is 0 Å². The van der Waals surface area contributed by atoms with Crippen LogP contribution in [0.2, 0.25) is 0 Å². The first kappa shape index (κ1) is 19.6. The van der Waals surface area contributed by atoms with E-state index in [2.05, 4.69) is 0 Å². The van der Waals surface area contributed by atoms with E-state index in [1.165, 1.54) is 0 Å². The summed E-state index contributed by atoms with van der Waals surface area (Å²) in [7, 11) is -22.3. The van der Waals surface area contributed by atoms with Crippen LogP contribution in [-0.2, 0) is 18.3 Å². The molecule has 0 aliphatic rings.